The van der Waals surface area contributed by atoms with Crippen LogP contribution in [-0.2, 0) is 23.1 Å². The Bertz CT molecular complexity index is 881. The van der Waals surface area contributed by atoms with Gasteiger partial charge in [0.15, 0.2) is 11.5 Å². The first-order valence-corrected chi connectivity index (χ1v) is 9.43. The molecule has 26 heavy (non-hydrogen) atoms. The van der Waals surface area contributed by atoms with E-state index in [0.29, 0.717) is 5.56 Å². The molecule has 0 bridgehead atoms. The Labute approximate surface area is 149 Å². The van der Waals surface area contributed by atoms with Crippen LogP contribution >= 0.6 is 0 Å². The third-order valence-electron chi connectivity index (χ3n) is 4.08. The first-order chi connectivity index (χ1) is 12.3. The molecule has 0 spiro atoms. The number of phenolic OH excluding ortho intramolecular Hbond substituents is 1. The van der Waals surface area contributed by atoms with E-state index in [0.717, 1.165) is 29.9 Å². The number of aromatic nitrogens is 2. The number of aromatic hydroxyl groups is 1. The number of methoxy groups -OCH3 is 1. The first-order valence-electron chi connectivity index (χ1n) is 7.99. The number of nitrogens with zero attached hydrogens (tertiary/aromatic N) is 3. The van der Waals surface area contributed by atoms with Gasteiger partial charge in [0.05, 0.1) is 13.3 Å². The third kappa shape index (κ3) is 3.96. The van der Waals surface area contributed by atoms with Crippen LogP contribution in [0, 0.1) is 0 Å². The van der Waals surface area contributed by atoms with Crippen molar-refractivity contribution in [1.82, 2.24) is 14.1 Å². The molecular formula is C16H19F2N3O4S. The Hall–Kier alpha value is -2.20. The number of hydrogen-bond donors (Lipinski definition) is 1. The molecule has 1 aliphatic rings. The summed E-state index contributed by atoms with van der Waals surface area (Å²) in [6, 6.07) is 4.48. The van der Waals surface area contributed by atoms with E-state index in [2.05, 4.69) is 5.10 Å². The molecule has 142 valence electrons. The van der Waals surface area contributed by atoms with Crippen molar-refractivity contribution in [3.05, 3.63) is 36.2 Å². The summed E-state index contributed by atoms with van der Waals surface area (Å²) in [5.74, 6) is 0.214. The summed E-state index contributed by atoms with van der Waals surface area (Å²) < 4.78 is 58.1. The Morgan fingerprint density at radius 3 is 2.77 bits per heavy atom. The summed E-state index contributed by atoms with van der Waals surface area (Å²) in [6.07, 6.45) is 1.06. The second-order valence-corrected chi connectivity index (χ2v) is 7.97. The molecule has 0 amide bonds. The second kappa shape index (κ2) is 7.20. The SMILES string of the molecule is COc1cc(CN(C2CC2)S(=O)(=O)c2cnn(CC(F)F)c2)ccc1O. The number of alkyl halides is 2. The fourth-order valence-corrected chi connectivity index (χ4v) is 4.26. The zero-order valence-electron chi connectivity index (χ0n) is 14.0. The van der Waals surface area contributed by atoms with Crippen LogP contribution in [0.15, 0.2) is 35.5 Å². The minimum atomic E-state index is -3.88. The van der Waals surface area contributed by atoms with Crippen molar-refractivity contribution in [3.63, 3.8) is 0 Å². The molecule has 0 aliphatic heterocycles. The standard InChI is InChI=1S/C16H19F2N3O4S/c1-25-15-6-11(2-5-14(15)22)8-21(12-3-4-12)26(23,24)13-7-19-20(9-13)10-16(17)18/h2,5-7,9,12,16,22H,3-4,8,10H2,1H3. The lowest BCUT2D eigenvalue weighted by Crippen LogP contribution is -2.32. The second-order valence-electron chi connectivity index (χ2n) is 6.08. The lowest BCUT2D eigenvalue weighted by Gasteiger charge is -2.21. The predicted molar refractivity (Wildman–Crippen MR) is 88.6 cm³/mol. The maximum absolute atomic E-state index is 12.9. The molecule has 1 saturated carbocycles. The van der Waals surface area contributed by atoms with E-state index in [9.17, 15) is 22.3 Å². The molecule has 1 heterocycles. The van der Waals surface area contributed by atoms with E-state index >= 15 is 0 Å². The van der Waals surface area contributed by atoms with Crippen LogP contribution in [0.5, 0.6) is 11.5 Å². The average molecular weight is 387 g/mol. The van der Waals surface area contributed by atoms with Crippen LogP contribution < -0.4 is 4.74 Å². The van der Waals surface area contributed by atoms with E-state index in [1.54, 1.807) is 12.1 Å². The molecule has 1 fully saturated rings. The summed E-state index contributed by atoms with van der Waals surface area (Å²) in [7, 11) is -2.47. The highest BCUT2D eigenvalue weighted by molar-refractivity contribution is 7.89. The van der Waals surface area contributed by atoms with Crippen LogP contribution in [-0.4, -0.2) is 47.2 Å². The molecule has 1 aliphatic carbocycles. The third-order valence-corrected chi connectivity index (χ3v) is 5.93. The smallest absolute Gasteiger partial charge is 0.257 e. The van der Waals surface area contributed by atoms with Gasteiger partial charge in [-0.3, -0.25) is 4.68 Å². The van der Waals surface area contributed by atoms with Crippen molar-refractivity contribution in [2.45, 2.75) is 43.3 Å². The van der Waals surface area contributed by atoms with Crippen LogP contribution in [0.25, 0.3) is 0 Å². The molecule has 1 aromatic heterocycles. The zero-order valence-corrected chi connectivity index (χ0v) is 14.9. The molecule has 0 radical (unpaired) electrons. The van der Waals surface area contributed by atoms with Gasteiger partial charge in [0.1, 0.15) is 11.4 Å². The normalized spacial score (nSPS) is 15.0. The van der Waals surface area contributed by atoms with Crippen LogP contribution in [0.1, 0.15) is 18.4 Å². The maximum atomic E-state index is 12.9. The quantitative estimate of drug-likeness (QED) is 0.751. The molecule has 1 N–H and O–H groups in total. The molecule has 7 nitrogen and oxygen atoms in total. The molecule has 10 heteroatoms. The van der Waals surface area contributed by atoms with Gasteiger partial charge in [0.25, 0.3) is 6.43 Å². The number of rotatable bonds is 8. The largest absolute Gasteiger partial charge is 0.504 e. The average Bonchev–Trinajstić information content (AvgIpc) is 3.31. The van der Waals surface area contributed by atoms with Gasteiger partial charge in [-0.1, -0.05) is 6.07 Å². The van der Waals surface area contributed by atoms with Gasteiger partial charge in [-0.2, -0.15) is 9.40 Å². The van der Waals surface area contributed by atoms with Gasteiger partial charge < -0.3 is 9.84 Å². The monoisotopic (exact) mass is 387 g/mol. The summed E-state index contributed by atoms with van der Waals surface area (Å²) in [4.78, 5) is -0.115. The number of phenols is 1. The van der Waals surface area contributed by atoms with Gasteiger partial charge in [-0.25, -0.2) is 17.2 Å². The van der Waals surface area contributed by atoms with E-state index in [-0.39, 0.29) is 29.0 Å². The summed E-state index contributed by atoms with van der Waals surface area (Å²) in [6.45, 7) is -0.572. The van der Waals surface area contributed by atoms with Crippen LogP contribution in [0.3, 0.4) is 0 Å². The van der Waals surface area contributed by atoms with Crippen molar-refractivity contribution in [3.8, 4) is 11.5 Å². The predicted octanol–water partition coefficient (Wildman–Crippen LogP) is 2.22. The number of hydrogen-bond acceptors (Lipinski definition) is 5. The van der Waals surface area contributed by atoms with E-state index in [4.69, 9.17) is 4.74 Å². The number of halogens is 2. The Morgan fingerprint density at radius 1 is 1.42 bits per heavy atom. The van der Waals surface area contributed by atoms with Crippen LogP contribution in [0.2, 0.25) is 0 Å². The number of sulfonamides is 1. The highest BCUT2D eigenvalue weighted by Crippen LogP contribution is 2.35. The fraction of sp³-hybridized carbons (Fsp3) is 0.438. The zero-order chi connectivity index (χ0) is 18.9. The molecule has 2 aromatic rings. The van der Waals surface area contributed by atoms with Crippen molar-refractivity contribution in [1.29, 1.82) is 0 Å². The molecular weight excluding hydrogens is 368 g/mol. The lowest BCUT2D eigenvalue weighted by atomic mass is 10.2. The Kier molecular flexibility index (Phi) is 5.15. The van der Waals surface area contributed by atoms with Gasteiger partial charge in [-0.15, -0.1) is 0 Å². The topological polar surface area (TPSA) is 84.7 Å². The molecule has 1 aromatic carbocycles. The van der Waals surface area contributed by atoms with E-state index < -0.39 is 23.0 Å². The highest BCUT2D eigenvalue weighted by atomic mass is 32.2. The maximum Gasteiger partial charge on any atom is 0.257 e. The van der Waals surface area contributed by atoms with Gasteiger partial charge in [0, 0.05) is 18.8 Å². The Morgan fingerprint density at radius 2 is 2.15 bits per heavy atom. The summed E-state index contributed by atoms with van der Waals surface area (Å²) in [5.41, 5.74) is 0.648. The van der Waals surface area contributed by atoms with Gasteiger partial charge >= 0.3 is 0 Å². The van der Waals surface area contributed by atoms with Crippen LogP contribution in [0.4, 0.5) is 8.78 Å². The number of benzene rings is 1. The van der Waals surface area contributed by atoms with E-state index in [1.165, 1.54) is 17.5 Å². The van der Waals surface area contributed by atoms with E-state index in [1.807, 2.05) is 0 Å². The van der Waals surface area contributed by atoms with Crippen molar-refractivity contribution >= 4 is 10.0 Å². The molecule has 3 rings (SSSR count). The minimum absolute atomic E-state index is 0.0367. The highest BCUT2D eigenvalue weighted by Gasteiger charge is 2.38. The van der Waals surface area contributed by atoms with Crippen molar-refractivity contribution < 1.29 is 27.0 Å². The van der Waals surface area contributed by atoms with Gasteiger partial charge in [-0.05, 0) is 30.5 Å². The molecule has 0 unspecified atom stereocenters. The lowest BCUT2D eigenvalue weighted by molar-refractivity contribution is 0.121. The van der Waals surface area contributed by atoms with Gasteiger partial charge in [0.2, 0.25) is 10.0 Å². The number of ether oxygens (including phenoxy) is 1. The van der Waals surface area contributed by atoms with Crippen molar-refractivity contribution in [2.24, 2.45) is 0 Å². The fourth-order valence-electron chi connectivity index (χ4n) is 2.63. The summed E-state index contributed by atoms with van der Waals surface area (Å²) in [5, 5.41) is 13.4. The minimum Gasteiger partial charge on any atom is -0.504 e. The summed E-state index contributed by atoms with van der Waals surface area (Å²) >= 11 is 0. The van der Waals surface area contributed by atoms with Crippen molar-refractivity contribution in [2.75, 3.05) is 7.11 Å². The Balaban J connectivity index is 1.86. The molecule has 0 saturated heterocycles. The first kappa shape index (κ1) is 18.6. The molecule has 0 atom stereocenters.